The van der Waals surface area contributed by atoms with Gasteiger partial charge in [0.25, 0.3) is 0 Å². The Morgan fingerprint density at radius 1 is 1.33 bits per heavy atom. The predicted octanol–water partition coefficient (Wildman–Crippen LogP) is 1.10. The number of ketones is 1. The largest absolute Gasteiger partial charge is 0.463 e. The summed E-state index contributed by atoms with van der Waals surface area (Å²) >= 11 is 0. The van der Waals surface area contributed by atoms with Crippen LogP contribution >= 0.6 is 0 Å². The Morgan fingerprint density at radius 2 is 2.00 bits per heavy atom. The highest BCUT2D eigenvalue weighted by atomic mass is 17.1. The zero-order valence-electron chi connectivity index (χ0n) is 6.86. The molecule has 0 atom stereocenters. The van der Waals surface area contributed by atoms with E-state index in [1.165, 1.54) is 0 Å². The van der Waals surface area contributed by atoms with Crippen LogP contribution in [-0.4, -0.2) is 5.78 Å². The molecule has 0 amide bonds. The van der Waals surface area contributed by atoms with Gasteiger partial charge in [-0.1, -0.05) is 30.3 Å². The van der Waals surface area contributed by atoms with Crippen LogP contribution in [-0.2, 0) is 4.58 Å². The fraction of sp³-hybridized carbons (Fsp3) is 0.100. The van der Waals surface area contributed by atoms with E-state index >= 15 is 0 Å². The summed E-state index contributed by atoms with van der Waals surface area (Å²) in [6.07, 6.45) is 3.47. The molecule has 0 N–H and O–H groups in total. The Hall–Kier alpha value is -1.57. The second kappa shape index (κ2) is 4.34. The molecule has 0 aliphatic rings. The summed E-state index contributed by atoms with van der Waals surface area (Å²) in [7, 11) is 0. The molecule has 62 valence electrons. The van der Waals surface area contributed by atoms with Crippen molar-refractivity contribution in [2.24, 2.45) is 0 Å². The van der Waals surface area contributed by atoms with E-state index in [1.54, 1.807) is 13.0 Å². The minimum absolute atomic E-state index is 0.360. The summed E-state index contributed by atoms with van der Waals surface area (Å²) < 4.78 is 3.75. The van der Waals surface area contributed by atoms with E-state index < -0.39 is 0 Å². The van der Waals surface area contributed by atoms with Crippen molar-refractivity contribution < 1.29 is 9.83 Å². The smallest absolute Gasteiger partial charge is 0.349 e. The van der Waals surface area contributed by atoms with Crippen LogP contribution in [0.25, 0.3) is 6.08 Å². The number of hydrogen-bond acceptors (Lipinski definition) is 1. The normalized spacial score (nSPS) is 12.2. The molecule has 12 heavy (non-hydrogen) atoms. The molecule has 0 spiro atoms. The van der Waals surface area contributed by atoms with Crippen LogP contribution in [0.1, 0.15) is 12.5 Å². The van der Waals surface area contributed by atoms with Gasteiger partial charge >= 0.3 is 5.78 Å². The van der Waals surface area contributed by atoms with Crippen LogP contribution < -0.4 is 5.26 Å². The summed E-state index contributed by atoms with van der Waals surface area (Å²) in [6.45, 7) is 1.62. The van der Waals surface area contributed by atoms with Gasteiger partial charge in [0.2, 0.25) is 0 Å². The topological polar surface area (TPSA) is 34.4 Å². The Balaban J connectivity index is 2.70. The number of benzene rings is 1. The average molecular weight is 162 g/mol. The van der Waals surface area contributed by atoms with Gasteiger partial charge in [0.05, 0.1) is 6.92 Å². The summed E-state index contributed by atoms with van der Waals surface area (Å²) in [5, 5.41) is 9.86. The minimum atomic E-state index is 0.360. The van der Waals surface area contributed by atoms with Gasteiger partial charge in [-0.2, -0.15) is 4.58 Å². The molecule has 1 rings (SSSR count). The van der Waals surface area contributed by atoms with Crippen LogP contribution in [0.4, 0.5) is 0 Å². The van der Waals surface area contributed by atoms with E-state index in [0.717, 1.165) is 5.56 Å². The Bertz CT molecular complexity index is 286. The monoisotopic (exact) mass is 162 g/mol. The Kier molecular flexibility index (Phi) is 3.08. The molecule has 2 heteroatoms. The molecule has 0 fully saturated rings. The van der Waals surface area contributed by atoms with Gasteiger partial charge in [0.15, 0.2) is 0 Å². The van der Waals surface area contributed by atoms with Gasteiger partial charge in [-0.15, -0.1) is 0 Å². The van der Waals surface area contributed by atoms with Crippen molar-refractivity contribution >= 4 is 11.9 Å². The maximum Gasteiger partial charge on any atom is 0.349 e. The zero-order chi connectivity index (χ0) is 8.81. The molecule has 0 bridgehead atoms. The van der Waals surface area contributed by atoms with Gasteiger partial charge in [0, 0.05) is 6.08 Å². The first-order valence-electron chi connectivity index (χ1n) is 3.69. The third-order valence-corrected chi connectivity index (χ3v) is 1.44. The van der Waals surface area contributed by atoms with Crippen molar-refractivity contribution in [3.8, 4) is 0 Å². The van der Waals surface area contributed by atoms with Crippen LogP contribution in [0.5, 0.6) is 0 Å². The second-order valence-corrected chi connectivity index (χ2v) is 2.44. The molecular formula is C10H10O2. The molecule has 0 radical (unpaired) electrons. The molecule has 0 aliphatic heterocycles. The van der Waals surface area contributed by atoms with Gasteiger partial charge in [-0.3, -0.25) is 0 Å². The van der Waals surface area contributed by atoms with Crippen LogP contribution in [0.15, 0.2) is 36.4 Å². The standard InChI is InChI=1S/C10H10O2/c1-9(12-11)7-8-10-5-3-2-4-6-10/h2-8H,1H3. The minimum Gasteiger partial charge on any atom is -0.463 e. The maximum atomic E-state index is 9.86. The van der Waals surface area contributed by atoms with Crippen molar-refractivity contribution in [3.05, 3.63) is 42.0 Å². The third kappa shape index (κ3) is 2.58. The fourth-order valence-electron chi connectivity index (χ4n) is 0.806. The lowest BCUT2D eigenvalue weighted by Gasteiger charge is -1.87. The predicted molar refractivity (Wildman–Crippen MR) is 46.2 cm³/mol. The lowest BCUT2D eigenvalue weighted by Crippen LogP contribution is -2.02. The second-order valence-electron chi connectivity index (χ2n) is 2.44. The van der Waals surface area contributed by atoms with Crippen molar-refractivity contribution in [1.29, 1.82) is 0 Å². The molecule has 2 nitrogen and oxygen atoms in total. The Morgan fingerprint density at radius 3 is 2.58 bits per heavy atom. The Labute approximate surface area is 71.4 Å². The van der Waals surface area contributed by atoms with Gasteiger partial charge in [-0.05, 0) is 11.6 Å². The van der Waals surface area contributed by atoms with E-state index in [1.807, 2.05) is 36.4 Å². The molecule has 0 saturated heterocycles. The molecule has 1 aromatic rings. The van der Waals surface area contributed by atoms with Gasteiger partial charge in [0.1, 0.15) is 0 Å². The summed E-state index contributed by atoms with van der Waals surface area (Å²) in [4.78, 5) is 0. The van der Waals surface area contributed by atoms with E-state index in [4.69, 9.17) is 0 Å². The first-order valence-corrected chi connectivity index (χ1v) is 3.69. The van der Waals surface area contributed by atoms with Gasteiger partial charge < -0.3 is 5.26 Å². The quantitative estimate of drug-likeness (QED) is 0.277. The fourth-order valence-corrected chi connectivity index (χ4v) is 0.806. The van der Waals surface area contributed by atoms with Crippen LogP contribution in [0, 0.1) is 0 Å². The molecule has 0 aliphatic carbocycles. The van der Waals surface area contributed by atoms with Crippen molar-refractivity contribution in [3.63, 3.8) is 0 Å². The summed E-state index contributed by atoms with van der Waals surface area (Å²) in [5.41, 5.74) is 1.05. The van der Waals surface area contributed by atoms with Crippen molar-refractivity contribution in [1.82, 2.24) is 0 Å². The SMILES string of the molecule is CC(C=Cc1ccccc1)=[O+][O-]. The molecule has 0 unspecified atom stereocenters. The zero-order valence-corrected chi connectivity index (χ0v) is 6.86. The number of allylic oxidation sites excluding steroid dienone is 1. The van der Waals surface area contributed by atoms with Crippen molar-refractivity contribution in [2.45, 2.75) is 6.92 Å². The van der Waals surface area contributed by atoms with E-state index in [-0.39, 0.29) is 0 Å². The van der Waals surface area contributed by atoms with Crippen LogP contribution in [0.3, 0.4) is 0 Å². The van der Waals surface area contributed by atoms with E-state index in [0.29, 0.717) is 5.78 Å². The van der Waals surface area contributed by atoms with Gasteiger partial charge in [-0.25, -0.2) is 0 Å². The third-order valence-electron chi connectivity index (χ3n) is 1.44. The molecule has 0 aromatic heterocycles. The maximum absolute atomic E-state index is 9.86. The first-order chi connectivity index (χ1) is 5.83. The van der Waals surface area contributed by atoms with E-state index in [9.17, 15) is 5.26 Å². The van der Waals surface area contributed by atoms with E-state index in [2.05, 4.69) is 4.58 Å². The summed E-state index contributed by atoms with van der Waals surface area (Å²) in [6, 6.07) is 9.72. The highest BCUT2D eigenvalue weighted by Crippen LogP contribution is 2.00. The first kappa shape index (κ1) is 8.53. The molecule has 1 aromatic carbocycles. The highest BCUT2D eigenvalue weighted by Gasteiger charge is 1.92. The highest BCUT2D eigenvalue weighted by molar-refractivity contribution is 5.91. The van der Waals surface area contributed by atoms with Crippen molar-refractivity contribution in [2.75, 3.05) is 0 Å². The number of rotatable bonds is 2. The lowest BCUT2D eigenvalue weighted by molar-refractivity contribution is -1.05. The van der Waals surface area contributed by atoms with Crippen LogP contribution in [0.2, 0.25) is 0 Å². The molecule has 0 heterocycles. The molecule has 0 saturated carbocycles. The number of hydrogen-bond donors (Lipinski definition) is 0. The number of carbonyl (C=O) groups excluding carboxylic acids is 1. The molecular weight excluding hydrogens is 152 g/mol. The summed E-state index contributed by atoms with van der Waals surface area (Å²) in [5.74, 6) is 0.360. The average Bonchev–Trinajstić information content (AvgIpc) is 2.16. The lowest BCUT2D eigenvalue weighted by atomic mass is 10.2.